The zero-order chi connectivity index (χ0) is 29.4. The van der Waals surface area contributed by atoms with Crippen LogP contribution in [0, 0.1) is 0 Å². The first kappa shape index (κ1) is 29.8. The van der Waals surface area contributed by atoms with Crippen molar-refractivity contribution in [3.8, 4) is 22.4 Å². The number of halogens is 1. The van der Waals surface area contributed by atoms with Crippen molar-refractivity contribution in [2.75, 3.05) is 0 Å². The molecule has 1 aromatic heterocycles. The number of aromatic nitrogens is 1. The van der Waals surface area contributed by atoms with Gasteiger partial charge in [0.1, 0.15) is 0 Å². The minimum atomic E-state index is -0.626. The van der Waals surface area contributed by atoms with E-state index in [9.17, 15) is 0 Å². The van der Waals surface area contributed by atoms with Crippen molar-refractivity contribution in [1.82, 2.24) is 4.98 Å². The van der Waals surface area contributed by atoms with Gasteiger partial charge in [0.05, 0.1) is 5.69 Å². The topological polar surface area (TPSA) is 12.9 Å². The molecule has 0 spiro atoms. The van der Waals surface area contributed by atoms with Crippen molar-refractivity contribution in [2.45, 2.75) is 25.7 Å². The SMILES string of the molecule is [Cl][Au].c1ccc(P(c2ccccc2)c2cc3ccc2CCc2ccc(c(-c4ccc(-c5ccccn5)cc4)c2)CC3)cc1. The van der Waals surface area contributed by atoms with Crippen molar-refractivity contribution in [3.05, 3.63) is 168 Å². The number of benzene rings is 5. The van der Waals surface area contributed by atoms with E-state index in [1.165, 1.54) is 49.3 Å². The van der Waals surface area contributed by atoms with E-state index in [4.69, 9.17) is 0 Å². The van der Waals surface area contributed by atoms with Crippen LogP contribution in [-0.4, -0.2) is 4.98 Å². The van der Waals surface area contributed by atoms with Gasteiger partial charge >= 0.3 is 29.2 Å². The summed E-state index contributed by atoms with van der Waals surface area (Å²) in [5.41, 5.74) is 10.5. The Morgan fingerprint density at radius 2 is 1.07 bits per heavy atom. The van der Waals surface area contributed by atoms with Gasteiger partial charge < -0.3 is 0 Å². The first-order chi connectivity index (χ1) is 21.3. The molecular weight excluding hydrogens is 746 g/mol. The minimum Gasteiger partial charge on any atom is -0.256 e. The maximum absolute atomic E-state index is 4.58. The molecule has 0 N–H and O–H groups in total. The molecule has 6 aromatic rings. The molecule has 4 bridgehead atoms. The van der Waals surface area contributed by atoms with E-state index in [0.29, 0.717) is 0 Å². The summed E-state index contributed by atoms with van der Waals surface area (Å²) < 4.78 is 0. The first-order valence-electron chi connectivity index (χ1n) is 14.6. The maximum Gasteiger partial charge on any atom is 0.0701 e. The number of hydrogen-bond acceptors (Lipinski definition) is 1. The monoisotopic (exact) mass is 777 g/mol. The standard InChI is InChI=1S/C39H32NP.Au.ClH/c1-3-9-35(10-4-1)41(36-11-5-2-6-12-36)39-28-30-15-19-31-18-14-29(16-20-34(39)21-17-30)27-37(31)32-22-24-33(25-23-32)38-13-7-8-26-40-38;;/h1-14,17-18,21-28H,15-16,19-20H2;;1H/q;+1;/p-1. The van der Waals surface area contributed by atoms with E-state index in [1.807, 2.05) is 18.3 Å². The summed E-state index contributed by atoms with van der Waals surface area (Å²) in [6, 6.07) is 51.7. The Morgan fingerprint density at radius 1 is 0.512 bits per heavy atom. The van der Waals surface area contributed by atoms with Crippen molar-refractivity contribution in [3.63, 3.8) is 0 Å². The number of hydrogen-bond donors (Lipinski definition) is 0. The summed E-state index contributed by atoms with van der Waals surface area (Å²) >= 11 is 1.75. The van der Waals surface area contributed by atoms with Gasteiger partial charge in [0.25, 0.3) is 0 Å². The molecule has 4 aliphatic rings. The molecule has 0 amide bonds. The van der Waals surface area contributed by atoms with E-state index in [-0.39, 0.29) is 0 Å². The number of nitrogens with zero attached hydrogens (tertiary/aromatic N) is 1. The van der Waals surface area contributed by atoms with Crippen LogP contribution in [0.2, 0.25) is 0 Å². The van der Waals surface area contributed by atoms with Gasteiger partial charge in [0.2, 0.25) is 0 Å². The second kappa shape index (κ2) is 14.5. The Morgan fingerprint density at radius 3 is 1.70 bits per heavy atom. The van der Waals surface area contributed by atoms with Crippen LogP contribution in [0.5, 0.6) is 0 Å². The van der Waals surface area contributed by atoms with Gasteiger partial charge in [-0.1, -0.05) is 127 Å². The minimum absolute atomic E-state index is 0.626. The Hall–Kier alpha value is -3.29. The molecule has 0 saturated heterocycles. The van der Waals surface area contributed by atoms with Crippen molar-refractivity contribution < 1.29 is 20.0 Å². The largest absolute Gasteiger partial charge is 0.256 e. The average Bonchev–Trinajstić information content (AvgIpc) is 3.08. The molecule has 4 aliphatic carbocycles. The Bertz CT molecular complexity index is 1730. The van der Waals surface area contributed by atoms with Crippen LogP contribution < -0.4 is 15.9 Å². The molecule has 0 atom stereocenters. The fourth-order valence-corrected chi connectivity index (χ4v) is 8.51. The fourth-order valence-electron chi connectivity index (χ4n) is 5.94. The number of rotatable bonds is 5. The summed E-state index contributed by atoms with van der Waals surface area (Å²) in [6.45, 7) is 0. The second-order valence-corrected chi connectivity index (χ2v) is 12.9. The van der Waals surface area contributed by atoms with E-state index in [1.54, 1.807) is 20.0 Å². The quantitative estimate of drug-likeness (QED) is 0.126. The van der Waals surface area contributed by atoms with Crippen LogP contribution in [0.25, 0.3) is 22.4 Å². The molecule has 5 aromatic carbocycles. The maximum atomic E-state index is 4.58. The van der Waals surface area contributed by atoms with E-state index in [0.717, 1.165) is 36.9 Å². The van der Waals surface area contributed by atoms with Gasteiger partial charge in [-0.15, -0.1) is 0 Å². The van der Waals surface area contributed by atoms with Crippen LogP contribution in [0.15, 0.2) is 146 Å². The normalized spacial score (nSPS) is 12.3. The summed E-state index contributed by atoms with van der Waals surface area (Å²) in [7, 11) is 3.96. The molecule has 1 nitrogen and oxygen atoms in total. The smallest absolute Gasteiger partial charge is 0.0701 e. The molecule has 4 heteroatoms. The average molecular weight is 778 g/mol. The molecule has 0 fully saturated rings. The Kier molecular flexibility index (Phi) is 10.0. The van der Waals surface area contributed by atoms with Crippen LogP contribution in [0.3, 0.4) is 0 Å². The molecular formula is C39H32AuClNP. The number of aryl methyl sites for hydroxylation is 4. The third kappa shape index (κ3) is 6.94. The summed E-state index contributed by atoms with van der Waals surface area (Å²) in [5, 5.41) is 4.34. The molecule has 216 valence electrons. The second-order valence-electron chi connectivity index (χ2n) is 10.8. The predicted octanol–water partition coefficient (Wildman–Crippen LogP) is 8.74. The summed E-state index contributed by atoms with van der Waals surface area (Å²) in [4.78, 5) is 4.53. The Balaban J connectivity index is 0.00000161. The third-order valence-electron chi connectivity index (χ3n) is 8.12. The molecule has 1 heterocycles. The van der Waals surface area contributed by atoms with Gasteiger partial charge in [-0.25, -0.2) is 0 Å². The van der Waals surface area contributed by atoms with Gasteiger partial charge in [-0.3, -0.25) is 4.98 Å². The summed E-state index contributed by atoms with van der Waals surface area (Å²) in [5.74, 6) is 0. The molecule has 10 rings (SSSR count). The van der Waals surface area contributed by atoms with Crippen LogP contribution >= 0.6 is 17.1 Å². The van der Waals surface area contributed by atoms with Gasteiger partial charge in [-0.05, 0) is 95.0 Å². The van der Waals surface area contributed by atoms with Crippen LogP contribution in [0.4, 0.5) is 0 Å². The summed E-state index contributed by atoms with van der Waals surface area (Å²) in [6.07, 6.45) is 5.96. The first-order valence-corrected chi connectivity index (χ1v) is 18.6. The molecule has 0 unspecified atom stereocenters. The third-order valence-corrected chi connectivity index (χ3v) is 10.6. The Labute approximate surface area is 272 Å². The predicted molar refractivity (Wildman–Crippen MR) is 181 cm³/mol. The zero-order valence-electron chi connectivity index (χ0n) is 23.8. The van der Waals surface area contributed by atoms with E-state index < -0.39 is 7.92 Å². The van der Waals surface area contributed by atoms with Crippen molar-refractivity contribution >= 4 is 33.0 Å². The van der Waals surface area contributed by atoms with Crippen LogP contribution in [-0.2, 0) is 45.7 Å². The molecule has 0 aliphatic heterocycles. The van der Waals surface area contributed by atoms with Gasteiger partial charge in [0, 0.05) is 11.8 Å². The van der Waals surface area contributed by atoms with Crippen molar-refractivity contribution in [1.29, 1.82) is 0 Å². The van der Waals surface area contributed by atoms with Crippen molar-refractivity contribution in [2.24, 2.45) is 0 Å². The van der Waals surface area contributed by atoms with Gasteiger partial charge in [0.15, 0.2) is 0 Å². The zero-order valence-corrected chi connectivity index (χ0v) is 27.6. The number of pyridine rings is 1. The molecule has 0 saturated carbocycles. The molecule has 43 heavy (non-hydrogen) atoms. The van der Waals surface area contributed by atoms with E-state index in [2.05, 4.69) is 142 Å². The molecule has 0 radical (unpaired) electrons. The van der Waals surface area contributed by atoms with E-state index >= 15 is 0 Å². The van der Waals surface area contributed by atoms with Gasteiger partial charge in [-0.2, -0.15) is 0 Å². The fraction of sp³-hybridized carbons (Fsp3) is 0.103. The van der Waals surface area contributed by atoms with Crippen LogP contribution in [0.1, 0.15) is 22.3 Å².